The first kappa shape index (κ1) is 22.1. The lowest BCUT2D eigenvalue weighted by Crippen LogP contribution is -2.52. The molecule has 1 aliphatic rings. The lowest BCUT2D eigenvalue weighted by atomic mass is 10.1. The molecule has 0 aliphatic carbocycles. The van der Waals surface area contributed by atoms with Crippen molar-refractivity contribution in [1.82, 2.24) is 4.72 Å². The van der Waals surface area contributed by atoms with Gasteiger partial charge >= 0.3 is 0 Å². The van der Waals surface area contributed by atoms with Crippen LogP contribution in [0.3, 0.4) is 0 Å². The third kappa shape index (κ3) is 5.87. The molecule has 0 unspecified atom stereocenters. The summed E-state index contributed by atoms with van der Waals surface area (Å²) in [4.78, 5) is 1.74. The number of nitrogens with zero attached hydrogens (tertiary/aromatic N) is 1. The highest BCUT2D eigenvalue weighted by molar-refractivity contribution is 7.91. The van der Waals surface area contributed by atoms with Gasteiger partial charge in [-0.2, -0.15) is 0 Å². The van der Waals surface area contributed by atoms with Crippen LogP contribution in [0.25, 0.3) is 0 Å². The molecule has 154 valence electrons. The second-order valence-electron chi connectivity index (χ2n) is 6.23. The van der Waals surface area contributed by atoms with Crippen LogP contribution in [0.2, 0.25) is 0 Å². The van der Waals surface area contributed by atoms with Crippen molar-refractivity contribution in [2.45, 2.75) is 22.3 Å². The first-order valence-electron chi connectivity index (χ1n) is 8.37. The van der Waals surface area contributed by atoms with Gasteiger partial charge in [0.15, 0.2) is 9.84 Å². The second-order valence-corrected chi connectivity index (χ2v) is 9.98. The normalized spacial score (nSPS) is 15.7. The molecule has 27 heavy (non-hydrogen) atoms. The fourth-order valence-corrected chi connectivity index (χ4v) is 4.63. The summed E-state index contributed by atoms with van der Waals surface area (Å²) in [7, 11) is -4.33. The van der Waals surface area contributed by atoms with Crippen LogP contribution in [0, 0.1) is 0 Å². The fourth-order valence-electron chi connectivity index (χ4n) is 2.59. The number of methoxy groups -OCH3 is 2. The van der Waals surface area contributed by atoms with Gasteiger partial charge in [-0.25, -0.2) is 21.6 Å². The lowest BCUT2D eigenvalue weighted by molar-refractivity contribution is -0.0306. The predicted molar refractivity (Wildman–Crippen MR) is 100 cm³/mol. The number of sulfone groups is 1. The Morgan fingerprint density at radius 3 is 2.48 bits per heavy atom. The number of nitrogens with one attached hydrogen (secondary N) is 1. The molecule has 0 aromatic heterocycles. The SMILES string of the molecule is COCOCCCNS(=O)(=O)c1cc(S(C)(=O)=O)ccc1N1CC(OC)C1. The summed E-state index contributed by atoms with van der Waals surface area (Å²) >= 11 is 0. The Morgan fingerprint density at radius 1 is 1.19 bits per heavy atom. The van der Waals surface area contributed by atoms with Gasteiger partial charge in [0.2, 0.25) is 10.0 Å². The zero-order valence-corrected chi connectivity index (χ0v) is 17.3. The fraction of sp³-hybridized carbons (Fsp3) is 0.625. The Hall–Kier alpha value is -1.24. The van der Waals surface area contributed by atoms with Crippen LogP contribution in [0.5, 0.6) is 0 Å². The molecule has 0 saturated carbocycles. The smallest absolute Gasteiger partial charge is 0.242 e. The highest BCUT2D eigenvalue weighted by atomic mass is 32.2. The van der Waals surface area contributed by atoms with Crippen molar-refractivity contribution in [3.05, 3.63) is 18.2 Å². The quantitative estimate of drug-likeness (QED) is 0.398. The van der Waals surface area contributed by atoms with E-state index in [0.29, 0.717) is 31.8 Å². The molecule has 1 aliphatic heterocycles. The van der Waals surface area contributed by atoms with Gasteiger partial charge in [-0.15, -0.1) is 0 Å². The number of ether oxygens (including phenoxy) is 3. The predicted octanol–water partition coefficient (Wildman–Crippen LogP) is 0.214. The molecular weight excluding hydrogens is 396 g/mol. The van der Waals surface area contributed by atoms with Gasteiger partial charge in [-0.1, -0.05) is 0 Å². The lowest BCUT2D eigenvalue weighted by Gasteiger charge is -2.40. The van der Waals surface area contributed by atoms with Crippen LogP contribution in [0.1, 0.15) is 6.42 Å². The Kier molecular flexibility index (Phi) is 7.60. The third-order valence-corrected chi connectivity index (χ3v) is 6.73. The van der Waals surface area contributed by atoms with Crippen molar-refractivity contribution in [3.63, 3.8) is 0 Å². The Balaban J connectivity index is 2.20. The van der Waals surface area contributed by atoms with E-state index in [-0.39, 0.29) is 29.2 Å². The Bertz CT molecular complexity index is 834. The highest BCUT2D eigenvalue weighted by Gasteiger charge is 2.31. The number of sulfonamides is 1. The van der Waals surface area contributed by atoms with Crippen molar-refractivity contribution in [1.29, 1.82) is 0 Å². The maximum Gasteiger partial charge on any atom is 0.242 e. The standard InChI is InChI=1S/C16H26N2O7S2/c1-23-12-25-8-4-7-17-27(21,22)16-9-14(26(3,19)20)5-6-15(16)18-10-13(11-18)24-2/h5-6,9,13,17H,4,7-8,10-12H2,1-3H3. The maximum atomic E-state index is 12.8. The van der Waals surface area contributed by atoms with Crippen molar-refractivity contribution in [2.75, 3.05) is 58.4 Å². The van der Waals surface area contributed by atoms with Crippen molar-refractivity contribution in [2.24, 2.45) is 0 Å². The van der Waals surface area contributed by atoms with Crippen molar-refractivity contribution >= 4 is 25.5 Å². The van der Waals surface area contributed by atoms with Crippen LogP contribution >= 0.6 is 0 Å². The molecule has 1 fully saturated rings. The van der Waals surface area contributed by atoms with E-state index in [1.165, 1.54) is 25.3 Å². The minimum atomic E-state index is -3.90. The molecule has 1 heterocycles. The minimum Gasteiger partial charge on any atom is -0.378 e. The summed E-state index contributed by atoms with van der Waals surface area (Å²) in [5.41, 5.74) is 0.457. The first-order chi connectivity index (χ1) is 12.7. The van der Waals surface area contributed by atoms with Crippen LogP contribution in [0.15, 0.2) is 28.0 Å². The molecule has 11 heteroatoms. The first-order valence-corrected chi connectivity index (χ1v) is 11.7. The van der Waals surface area contributed by atoms with E-state index in [0.717, 1.165) is 6.26 Å². The second kappa shape index (κ2) is 9.30. The van der Waals surface area contributed by atoms with E-state index < -0.39 is 19.9 Å². The van der Waals surface area contributed by atoms with E-state index in [1.807, 2.05) is 4.90 Å². The van der Waals surface area contributed by atoms with Crippen LogP contribution in [0.4, 0.5) is 5.69 Å². The topological polar surface area (TPSA) is 111 Å². The van der Waals surface area contributed by atoms with Crippen molar-refractivity contribution < 1.29 is 31.0 Å². The summed E-state index contributed by atoms with van der Waals surface area (Å²) < 4.78 is 66.9. The Morgan fingerprint density at radius 2 is 1.89 bits per heavy atom. The van der Waals surface area contributed by atoms with Gasteiger partial charge in [0, 0.05) is 40.1 Å². The summed E-state index contributed by atoms with van der Waals surface area (Å²) in [6.07, 6.45) is 1.53. The molecule has 0 amide bonds. The molecule has 1 saturated heterocycles. The summed E-state index contributed by atoms with van der Waals surface area (Å²) in [6, 6.07) is 4.15. The highest BCUT2D eigenvalue weighted by Crippen LogP contribution is 2.31. The molecule has 0 bridgehead atoms. The van der Waals surface area contributed by atoms with E-state index in [9.17, 15) is 16.8 Å². The Labute approximate surface area is 160 Å². The summed E-state index contributed by atoms with van der Waals surface area (Å²) in [5.74, 6) is 0. The van der Waals surface area contributed by atoms with Crippen LogP contribution in [-0.2, 0) is 34.1 Å². The van der Waals surface area contributed by atoms with Gasteiger partial charge in [0.25, 0.3) is 0 Å². The number of rotatable bonds is 11. The summed E-state index contributed by atoms with van der Waals surface area (Å²) in [5, 5.41) is 0. The molecule has 2 rings (SSSR count). The van der Waals surface area contributed by atoms with Gasteiger partial charge in [0.05, 0.1) is 23.3 Å². The number of hydrogen-bond donors (Lipinski definition) is 1. The molecule has 0 spiro atoms. The zero-order valence-electron chi connectivity index (χ0n) is 15.7. The average Bonchev–Trinajstić information content (AvgIpc) is 2.56. The third-order valence-electron chi connectivity index (χ3n) is 4.13. The van der Waals surface area contributed by atoms with Gasteiger partial charge < -0.3 is 19.1 Å². The monoisotopic (exact) mass is 422 g/mol. The van der Waals surface area contributed by atoms with E-state index in [4.69, 9.17) is 14.2 Å². The van der Waals surface area contributed by atoms with Gasteiger partial charge in [-0.05, 0) is 24.6 Å². The number of hydrogen-bond acceptors (Lipinski definition) is 8. The molecule has 9 nitrogen and oxygen atoms in total. The number of anilines is 1. The zero-order chi connectivity index (χ0) is 20.1. The number of benzene rings is 1. The van der Waals surface area contributed by atoms with Crippen molar-refractivity contribution in [3.8, 4) is 0 Å². The largest absolute Gasteiger partial charge is 0.378 e. The van der Waals surface area contributed by atoms with E-state index >= 15 is 0 Å². The molecule has 0 atom stereocenters. The maximum absolute atomic E-state index is 12.8. The molecular formula is C16H26N2O7S2. The molecule has 0 radical (unpaired) electrons. The van der Waals surface area contributed by atoms with Crippen LogP contribution in [-0.4, -0.2) is 76.4 Å². The van der Waals surface area contributed by atoms with E-state index in [1.54, 1.807) is 7.11 Å². The molecule has 1 aromatic carbocycles. The molecule has 1 N–H and O–H groups in total. The molecule has 1 aromatic rings. The minimum absolute atomic E-state index is 0.0287. The van der Waals surface area contributed by atoms with E-state index in [2.05, 4.69) is 4.72 Å². The van der Waals surface area contributed by atoms with Crippen LogP contribution < -0.4 is 9.62 Å². The summed E-state index contributed by atoms with van der Waals surface area (Å²) in [6.45, 7) is 1.73. The van der Waals surface area contributed by atoms with Gasteiger partial charge in [0.1, 0.15) is 11.7 Å². The average molecular weight is 423 g/mol. The van der Waals surface area contributed by atoms with Gasteiger partial charge in [-0.3, -0.25) is 0 Å².